The normalized spacial score (nSPS) is 11.7. The fraction of sp³-hybridized carbons (Fsp3) is 0. The van der Waals surface area contributed by atoms with E-state index in [1.165, 1.54) is 43.7 Å². The molecule has 0 aliphatic carbocycles. The first-order valence-corrected chi connectivity index (χ1v) is 16.7. The van der Waals surface area contributed by atoms with E-state index in [0.29, 0.717) is 0 Å². The Morgan fingerprint density at radius 3 is 1.80 bits per heavy atom. The largest absolute Gasteiger partial charge is 0.456 e. The number of benzene rings is 8. The van der Waals surface area contributed by atoms with Gasteiger partial charge >= 0.3 is 0 Å². The molecule has 3 nitrogen and oxygen atoms in total. The molecule has 0 radical (unpaired) electrons. The summed E-state index contributed by atoms with van der Waals surface area (Å²) >= 11 is 0. The van der Waals surface area contributed by atoms with Crippen molar-refractivity contribution in [2.24, 2.45) is 0 Å². The maximum absolute atomic E-state index is 6.20. The van der Waals surface area contributed by atoms with Crippen LogP contribution in [0.1, 0.15) is 0 Å². The fourth-order valence-electron chi connectivity index (χ4n) is 7.51. The number of nitrogens with zero attached hydrogens (tertiary/aromatic N) is 2. The smallest absolute Gasteiger partial charge is 0.135 e. The highest BCUT2D eigenvalue weighted by Gasteiger charge is 2.18. The molecule has 0 atom stereocenters. The van der Waals surface area contributed by atoms with Crippen LogP contribution in [0.2, 0.25) is 0 Å². The highest BCUT2D eigenvalue weighted by atomic mass is 16.3. The molecule has 49 heavy (non-hydrogen) atoms. The zero-order valence-corrected chi connectivity index (χ0v) is 26.6. The molecule has 0 unspecified atom stereocenters. The SMILES string of the molecule is c1cc(-c2ccc(N(c3ccc4oc5ccccc5c4c3)c3cccc4ccccc34)cc2)cc(-n2c3ccccc3c3ccccc32)c1. The van der Waals surface area contributed by atoms with E-state index in [2.05, 4.69) is 179 Å². The van der Waals surface area contributed by atoms with Crippen molar-refractivity contribution in [1.82, 2.24) is 4.57 Å². The Kier molecular flexibility index (Phi) is 6.18. The highest BCUT2D eigenvalue weighted by molar-refractivity contribution is 6.10. The van der Waals surface area contributed by atoms with E-state index in [-0.39, 0.29) is 0 Å². The van der Waals surface area contributed by atoms with E-state index in [9.17, 15) is 0 Å². The third kappa shape index (κ3) is 4.44. The maximum Gasteiger partial charge on any atom is 0.135 e. The van der Waals surface area contributed by atoms with Crippen LogP contribution >= 0.6 is 0 Å². The van der Waals surface area contributed by atoms with Crippen molar-refractivity contribution >= 4 is 71.6 Å². The standard InChI is InChI=1S/C46H30N2O/c1-2-15-37-32(11-1)12-10-21-42(37)47(36-27-28-46-41(30-36)40-18-5-8-22-45(40)49-46)34-25-23-31(24-26-34)33-13-9-14-35(29-33)48-43-19-6-3-16-38(43)39-17-4-7-20-44(39)48/h1-30H. The predicted molar refractivity (Wildman–Crippen MR) is 206 cm³/mol. The monoisotopic (exact) mass is 626 g/mol. The van der Waals surface area contributed by atoms with Gasteiger partial charge in [-0.1, -0.05) is 115 Å². The van der Waals surface area contributed by atoms with Crippen LogP contribution in [-0.2, 0) is 0 Å². The van der Waals surface area contributed by atoms with Crippen LogP contribution in [0.15, 0.2) is 186 Å². The van der Waals surface area contributed by atoms with Crippen LogP contribution in [0, 0.1) is 0 Å². The summed E-state index contributed by atoms with van der Waals surface area (Å²) in [6.07, 6.45) is 0. The number of fused-ring (bicyclic) bond motifs is 7. The molecule has 0 bridgehead atoms. The van der Waals surface area contributed by atoms with Gasteiger partial charge in [0.15, 0.2) is 0 Å². The second-order valence-corrected chi connectivity index (χ2v) is 12.6. The summed E-state index contributed by atoms with van der Waals surface area (Å²) in [7, 11) is 0. The first-order valence-electron chi connectivity index (χ1n) is 16.7. The molecule has 3 heteroatoms. The average molecular weight is 627 g/mol. The van der Waals surface area contributed by atoms with E-state index >= 15 is 0 Å². The van der Waals surface area contributed by atoms with Gasteiger partial charge < -0.3 is 13.9 Å². The summed E-state index contributed by atoms with van der Waals surface area (Å²) in [5.41, 5.74) is 11.0. The zero-order valence-electron chi connectivity index (χ0n) is 26.6. The number of hydrogen-bond donors (Lipinski definition) is 0. The molecule has 0 saturated heterocycles. The second-order valence-electron chi connectivity index (χ2n) is 12.6. The maximum atomic E-state index is 6.20. The lowest BCUT2D eigenvalue weighted by molar-refractivity contribution is 0.669. The molecule has 0 saturated carbocycles. The summed E-state index contributed by atoms with van der Waals surface area (Å²) in [5.74, 6) is 0. The van der Waals surface area contributed by atoms with Crippen molar-refractivity contribution in [1.29, 1.82) is 0 Å². The Morgan fingerprint density at radius 1 is 0.388 bits per heavy atom. The van der Waals surface area contributed by atoms with Gasteiger partial charge in [-0.15, -0.1) is 0 Å². The number of furan rings is 1. The van der Waals surface area contributed by atoms with Gasteiger partial charge in [-0.2, -0.15) is 0 Å². The molecule has 0 spiro atoms. The van der Waals surface area contributed by atoms with Crippen molar-refractivity contribution in [3.8, 4) is 16.8 Å². The Bertz CT molecular complexity index is 2780. The third-order valence-corrected chi connectivity index (χ3v) is 9.77. The summed E-state index contributed by atoms with van der Waals surface area (Å²) in [4.78, 5) is 2.36. The lowest BCUT2D eigenvalue weighted by atomic mass is 10.0. The minimum absolute atomic E-state index is 0.890. The summed E-state index contributed by atoms with van der Waals surface area (Å²) in [6.45, 7) is 0. The Morgan fingerprint density at radius 2 is 1.00 bits per heavy atom. The molecule has 0 N–H and O–H groups in total. The van der Waals surface area contributed by atoms with Gasteiger partial charge in [-0.25, -0.2) is 0 Å². The van der Waals surface area contributed by atoms with E-state index in [1.807, 2.05) is 12.1 Å². The highest BCUT2D eigenvalue weighted by Crippen LogP contribution is 2.42. The lowest BCUT2D eigenvalue weighted by Crippen LogP contribution is -2.10. The zero-order chi connectivity index (χ0) is 32.3. The minimum Gasteiger partial charge on any atom is -0.456 e. The van der Waals surface area contributed by atoms with Crippen LogP contribution in [0.4, 0.5) is 17.1 Å². The minimum atomic E-state index is 0.890. The number of para-hydroxylation sites is 3. The van der Waals surface area contributed by atoms with Crippen LogP contribution in [0.3, 0.4) is 0 Å². The average Bonchev–Trinajstić information content (AvgIpc) is 3.71. The number of anilines is 3. The molecule has 0 aliphatic rings. The second kappa shape index (κ2) is 11.0. The van der Waals surface area contributed by atoms with Crippen LogP contribution in [0.5, 0.6) is 0 Å². The molecule has 2 aromatic heterocycles. The third-order valence-electron chi connectivity index (χ3n) is 9.77. The van der Waals surface area contributed by atoms with Crippen molar-refractivity contribution < 1.29 is 4.42 Å². The fourth-order valence-corrected chi connectivity index (χ4v) is 7.51. The summed E-state index contributed by atoms with van der Waals surface area (Å²) in [6, 6.07) is 65.1. The molecular weight excluding hydrogens is 597 g/mol. The molecule has 230 valence electrons. The molecule has 8 aromatic carbocycles. The number of hydrogen-bond acceptors (Lipinski definition) is 2. The topological polar surface area (TPSA) is 21.3 Å². The lowest BCUT2D eigenvalue weighted by Gasteiger charge is -2.27. The van der Waals surface area contributed by atoms with Gasteiger partial charge in [0.1, 0.15) is 11.2 Å². The Hall–Kier alpha value is -6.58. The quantitative estimate of drug-likeness (QED) is 0.190. The molecular formula is C46H30N2O. The van der Waals surface area contributed by atoms with E-state index in [1.54, 1.807) is 0 Å². The Balaban J connectivity index is 1.10. The van der Waals surface area contributed by atoms with Crippen LogP contribution in [0.25, 0.3) is 71.3 Å². The molecule has 2 heterocycles. The predicted octanol–water partition coefficient (Wildman–Crippen LogP) is 13.0. The Labute approximate surface area is 283 Å². The van der Waals surface area contributed by atoms with E-state index in [0.717, 1.165) is 44.7 Å². The first kappa shape index (κ1) is 27.5. The van der Waals surface area contributed by atoms with Gasteiger partial charge in [0.05, 0.1) is 16.7 Å². The molecule has 0 amide bonds. The molecule has 10 rings (SSSR count). The number of rotatable bonds is 5. The van der Waals surface area contributed by atoms with Gasteiger partial charge in [0.2, 0.25) is 0 Å². The van der Waals surface area contributed by atoms with Gasteiger partial charge in [-0.3, -0.25) is 0 Å². The van der Waals surface area contributed by atoms with Crippen molar-refractivity contribution in [2.75, 3.05) is 4.90 Å². The first-order chi connectivity index (χ1) is 24.3. The molecule has 0 fully saturated rings. The number of aromatic nitrogens is 1. The van der Waals surface area contributed by atoms with E-state index < -0.39 is 0 Å². The van der Waals surface area contributed by atoms with Crippen LogP contribution < -0.4 is 4.90 Å². The van der Waals surface area contributed by atoms with Gasteiger partial charge in [0.25, 0.3) is 0 Å². The molecule has 10 aromatic rings. The van der Waals surface area contributed by atoms with Gasteiger partial charge in [0, 0.05) is 44.0 Å². The van der Waals surface area contributed by atoms with Crippen molar-refractivity contribution in [3.63, 3.8) is 0 Å². The van der Waals surface area contributed by atoms with Crippen LogP contribution in [-0.4, -0.2) is 4.57 Å². The van der Waals surface area contributed by atoms with Crippen molar-refractivity contribution in [2.45, 2.75) is 0 Å². The van der Waals surface area contributed by atoms with Gasteiger partial charge in [-0.05, 0) is 83.2 Å². The summed E-state index contributed by atoms with van der Waals surface area (Å²) in [5, 5.41) is 7.17. The van der Waals surface area contributed by atoms with Crippen molar-refractivity contribution in [3.05, 3.63) is 182 Å². The molecule has 0 aliphatic heterocycles. The summed E-state index contributed by atoms with van der Waals surface area (Å²) < 4.78 is 8.57. The van der Waals surface area contributed by atoms with E-state index in [4.69, 9.17) is 4.42 Å².